The smallest absolute Gasteiger partial charge is 0.251 e. The lowest BCUT2D eigenvalue weighted by Gasteiger charge is -2.08. The molecule has 0 aromatic heterocycles. The van der Waals surface area contributed by atoms with Crippen molar-refractivity contribution in [2.24, 2.45) is 5.73 Å². The van der Waals surface area contributed by atoms with Crippen molar-refractivity contribution >= 4 is 18.3 Å². The van der Waals surface area contributed by atoms with Crippen LogP contribution in [-0.2, 0) is 4.74 Å². The van der Waals surface area contributed by atoms with Gasteiger partial charge in [-0.3, -0.25) is 4.79 Å². The Balaban J connectivity index is 0.00000324. The number of hydrogen-bond donors (Lipinski definition) is 2. The predicted octanol–water partition coefficient (Wildman–Crippen LogP) is 1.21. The Hall–Kier alpha value is -1.30. The first-order valence-electron chi connectivity index (χ1n) is 5.98. The van der Waals surface area contributed by atoms with Crippen molar-refractivity contribution in [1.29, 1.82) is 0 Å². The van der Waals surface area contributed by atoms with E-state index in [9.17, 15) is 4.79 Å². The number of carbonyl (C=O) groups excluding carboxylic acids is 1. The molecule has 1 rings (SSSR count). The number of benzene rings is 1. The van der Waals surface area contributed by atoms with E-state index in [0.29, 0.717) is 37.6 Å². The maximum atomic E-state index is 11.7. The number of hydrogen-bond acceptors (Lipinski definition) is 4. The first-order valence-corrected chi connectivity index (χ1v) is 5.98. The van der Waals surface area contributed by atoms with Gasteiger partial charge in [-0.05, 0) is 18.2 Å². The topological polar surface area (TPSA) is 73.6 Å². The molecule has 108 valence electrons. The van der Waals surface area contributed by atoms with Gasteiger partial charge in [0.25, 0.3) is 5.91 Å². The zero-order chi connectivity index (χ0) is 13.2. The summed E-state index contributed by atoms with van der Waals surface area (Å²) in [6.07, 6.45) is 0.820. The van der Waals surface area contributed by atoms with Crippen molar-refractivity contribution in [3.05, 3.63) is 29.8 Å². The number of ether oxygens (including phenoxy) is 2. The average molecular weight is 289 g/mol. The van der Waals surface area contributed by atoms with Crippen LogP contribution in [0.25, 0.3) is 0 Å². The van der Waals surface area contributed by atoms with E-state index in [-0.39, 0.29) is 18.3 Å². The number of halogens is 1. The molecule has 1 aromatic carbocycles. The Bertz CT molecular complexity index is 375. The minimum absolute atomic E-state index is 0. The Kier molecular flexibility index (Phi) is 9.88. The lowest BCUT2D eigenvalue weighted by Crippen LogP contribution is -2.28. The quantitative estimate of drug-likeness (QED) is 0.705. The van der Waals surface area contributed by atoms with E-state index >= 15 is 0 Å². The van der Waals surface area contributed by atoms with Gasteiger partial charge in [-0.1, -0.05) is 6.07 Å². The molecule has 0 aliphatic heterocycles. The number of rotatable bonds is 8. The molecule has 0 atom stereocenters. The third-order valence-electron chi connectivity index (χ3n) is 2.29. The highest BCUT2D eigenvalue weighted by Gasteiger charge is 2.05. The fourth-order valence-electron chi connectivity index (χ4n) is 1.41. The summed E-state index contributed by atoms with van der Waals surface area (Å²) in [6, 6.07) is 7.09. The second kappa shape index (κ2) is 10.6. The maximum absolute atomic E-state index is 11.7. The summed E-state index contributed by atoms with van der Waals surface area (Å²) in [5.41, 5.74) is 5.90. The van der Waals surface area contributed by atoms with Crippen LogP contribution in [0.3, 0.4) is 0 Å². The molecule has 0 fully saturated rings. The highest BCUT2D eigenvalue weighted by atomic mass is 35.5. The number of nitrogens with two attached hydrogens (primary N) is 1. The van der Waals surface area contributed by atoms with Crippen LogP contribution in [0.1, 0.15) is 16.8 Å². The van der Waals surface area contributed by atoms with E-state index < -0.39 is 0 Å². The van der Waals surface area contributed by atoms with Gasteiger partial charge in [0.05, 0.1) is 6.61 Å². The second-order valence-electron chi connectivity index (χ2n) is 3.77. The normalized spacial score (nSPS) is 9.58. The van der Waals surface area contributed by atoms with Crippen molar-refractivity contribution in [1.82, 2.24) is 5.32 Å². The lowest BCUT2D eigenvalue weighted by atomic mass is 10.2. The third-order valence-corrected chi connectivity index (χ3v) is 2.29. The van der Waals surface area contributed by atoms with Crippen LogP contribution in [0.4, 0.5) is 0 Å². The highest BCUT2D eigenvalue weighted by molar-refractivity contribution is 5.94. The molecule has 19 heavy (non-hydrogen) atoms. The summed E-state index contributed by atoms with van der Waals surface area (Å²) >= 11 is 0. The summed E-state index contributed by atoms with van der Waals surface area (Å²) in [6.45, 7) is 2.13. The molecule has 6 heteroatoms. The summed E-state index contributed by atoms with van der Waals surface area (Å²) in [4.78, 5) is 11.7. The van der Waals surface area contributed by atoms with Crippen LogP contribution in [0.15, 0.2) is 24.3 Å². The third kappa shape index (κ3) is 7.00. The monoisotopic (exact) mass is 288 g/mol. The average Bonchev–Trinajstić information content (AvgIpc) is 2.41. The van der Waals surface area contributed by atoms with E-state index in [4.69, 9.17) is 15.2 Å². The fourth-order valence-corrected chi connectivity index (χ4v) is 1.41. The molecule has 5 nitrogen and oxygen atoms in total. The molecule has 0 saturated heterocycles. The SMILES string of the molecule is COCCCOc1cccc(C(=O)NCCN)c1.Cl. The Morgan fingerprint density at radius 3 is 2.84 bits per heavy atom. The molecule has 0 heterocycles. The van der Waals surface area contributed by atoms with Crippen LogP contribution >= 0.6 is 12.4 Å². The summed E-state index contributed by atoms with van der Waals surface area (Å²) in [7, 11) is 1.66. The Morgan fingerprint density at radius 1 is 1.37 bits per heavy atom. The molecule has 3 N–H and O–H groups in total. The molecule has 1 amide bonds. The van der Waals surface area contributed by atoms with E-state index in [1.807, 2.05) is 6.07 Å². The molecular formula is C13H21ClN2O3. The maximum Gasteiger partial charge on any atom is 0.251 e. The number of amides is 1. The van der Waals surface area contributed by atoms with Crippen LogP contribution in [0, 0.1) is 0 Å². The molecule has 0 radical (unpaired) electrons. The zero-order valence-corrected chi connectivity index (χ0v) is 11.9. The second-order valence-corrected chi connectivity index (χ2v) is 3.77. The summed E-state index contributed by atoms with van der Waals surface area (Å²) in [5, 5.41) is 2.71. The molecule has 0 unspecified atom stereocenters. The first kappa shape index (κ1) is 17.7. The van der Waals surface area contributed by atoms with E-state index in [2.05, 4.69) is 5.32 Å². The van der Waals surface area contributed by atoms with Crippen molar-refractivity contribution in [3.8, 4) is 5.75 Å². The molecule has 0 bridgehead atoms. The minimum atomic E-state index is -0.136. The van der Waals surface area contributed by atoms with Gasteiger partial charge in [-0.25, -0.2) is 0 Å². The van der Waals surface area contributed by atoms with Crippen LogP contribution in [0.5, 0.6) is 5.75 Å². The number of methoxy groups -OCH3 is 1. The van der Waals surface area contributed by atoms with E-state index in [0.717, 1.165) is 6.42 Å². The Morgan fingerprint density at radius 2 is 2.16 bits per heavy atom. The van der Waals surface area contributed by atoms with Crippen molar-refractivity contribution < 1.29 is 14.3 Å². The standard InChI is InChI=1S/C13H20N2O3.ClH/c1-17-8-3-9-18-12-5-2-4-11(10-12)13(16)15-7-6-14;/h2,4-5,10H,3,6-9,14H2,1H3,(H,15,16);1H. The van der Waals surface area contributed by atoms with Gasteiger partial charge < -0.3 is 20.5 Å². The molecule has 0 aliphatic carbocycles. The molecule has 1 aromatic rings. The highest BCUT2D eigenvalue weighted by Crippen LogP contribution is 2.13. The van der Waals surface area contributed by atoms with Crippen LogP contribution in [-0.4, -0.2) is 39.3 Å². The molecule has 0 saturated carbocycles. The zero-order valence-electron chi connectivity index (χ0n) is 11.1. The predicted molar refractivity (Wildman–Crippen MR) is 77.1 cm³/mol. The number of carbonyl (C=O) groups is 1. The van der Waals surface area contributed by atoms with Gasteiger partial charge in [0.1, 0.15) is 5.75 Å². The van der Waals surface area contributed by atoms with Crippen molar-refractivity contribution in [2.45, 2.75) is 6.42 Å². The summed E-state index contributed by atoms with van der Waals surface area (Å²) in [5.74, 6) is 0.550. The molecular weight excluding hydrogens is 268 g/mol. The van der Waals surface area contributed by atoms with Crippen LogP contribution < -0.4 is 15.8 Å². The number of nitrogens with one attached hydrogen (secondary N) is 1. The van der Waals surface area contributed by atoms with Gasteiger partial charge in [0.2, 0.25) is 0 Å². The van der Waals surface area contributed by atoms with Gasteiger partial charge in [-0.15, -0.1) is 12.4 Å². The van der Waals surface area contributed by atoms with E-state index in [1.165, 1.54) is 0 Å². The van der Waals surface area contributed by atoms with Gasteiger partial charge in [0.15, 0.2) is 0 Å². The first-order chi connectivity index (χ1) is 8.77. The van der Waals surface area contributed by atoms with Gasteiger partial charge in [-0.2, -0.15) is 0 Å². The largest absolute Gasteiger partial charge is 0.493 e. The van der Waals surface area contributed by atoms with Gasteiger partial charge >= 0.3 is 0 Å². The molecule has 0 aliphatic rings. The fraction of sp³-hybridized carbons (Fsp3) is 0.462. The van der Waals surface area contributed by atoms with Gasteiger partial charge in [0, 0.05) is 38.8 Å². The van der Waals surface area contributed by atoms with Crippen molar-refractivity contribution in [3.63, 3.8) is 0 Å². The Labute approximate surface area is 119 Å². The van der Waals surface area contributed by atoms with E-state index in [1.54, 1.807) is 25.3 Å². The van der Waals surface area contributed by atoms with Crippen molar-refractivity contribution in [2.75, 3.05) is 33.4 Å². The minimum Gasteiger partial charge on any atom is -0.493 e. The summed E-state index contributed by atoms with van der Waals surface area (Å²) < 4.78 is 10.4. The lowest BCUT2D eigenvalue weighted by molar-refractivity contribution is 0.0954. The van der Waals surface area contributed by atoms with Crippen LogP contribution in [0.2, 0.25) is 0 Å². The molecule has 0 spiro atoms.